The lowest BCUT2D eigenvalue weighted by molar-refractivity contribution is -0.124. The number of amides is 2. The Morgan fingerprint density at radius 3 is 2.66 bits per heavy atom. The maximum atomic E-state index is 13.3. The number of aromatic nitrogens is 1. The highest BCUT2D eigenvalue weighted by molar-refractivity contribution is 6.05. The van der Waals surface area contributed by atoms with Crippen LogP contribution in [0.4, 0.5) is 5.69 Å². The summed E-state index contributed by atoms with van der Waals surface area (Å²) in [5, 5.41) is 17.3. The van der Waals surface area contributed by atoms with E-state index in [4.69, 9.17) is 5.41 Å². The van der Waals surface area contributed by atoms with Crippen molar-refractivity contribution in [3.8, 4) is 0 Å². The Balaban J connectivity index is 1.62. The molecular formula is C26H34N6O3. The predicted molar refractivity (Wildman–Crippen MR) is 136 cm³/mol. The molecule has 0 unspecified atom stereocenters. The number of carbonyl (C=O) groups excluding carboxylic acids is 2. The van der Waals surface area contributed by atoms with E-state index in [0.29, 0.717) is 42.4 Å². The van der Waals surface area contributed by atoms with Gasteiger partial charge in [-0.05, 0) is 56.0 Å². The van der Waals surface area contributed by atoms with Crippen molar-refractivity contribution in [2.75, 3.05) is 25.0 Å². The van der Waals surface area contributed by atoms with Crippen molar-refractivity contribution in [2.45, 2.75) is 58.7 Å². The number of hydrogen-bond acceptors (Lipinski definition) is 6. The first-order valence-corrected chi connectivity index (χ1v) is 12.2. The number of piperazine rings is 1. The Bertz CT molecular complexity index is 1180. The predicted octanol–water partition coefficient (Wildman–Crippen LogP) is 2.21. The van der Waals surface area contributed by atoms with Crippen molar-refractivity contribution in [1.82, 2.24) is 20.5 Å². The first kappa shape index (κ1) is 24.7. The molecule has 1 aliphatic carbocycles. The van der Waals surface area contributed by atoms with Gasteiger partial charge in [0.05, 0.1) is 12.1 Å². The summed E-state index contributed by atoms with van der Waals surface area (Å²) in [6.07, 6.45) is 5.67. The van der Waals surface area contributed by atoms with Crippen LogP contribution in [0.15, 0.2) is 23.0 Å². The van der Waals surface area contributed by atoms with Gasteiger partial charge in [0.2, 0.25) is 5.91 Å². The van der Waals surface area contributed by atoms with Crippen molar-refractivity contribution >= 4 is 23.7 Å². The number of aromatic amines is 1. The largest absolute Gasteiger partial charge is 0.382 e. The van der Waals surface area contributed by atoms with Crippen LogP contribution >= 0.6 is 0 Å². The topological polar surface area (TPSA) is 130 Å². The van der Waals surface area contributed by atoms with Crippen LogP contribution in [0.1, 0.15) is 64.0 Å². The van der Waals surface area contributed by atoms with E-state index >= 15 is 0 Å². The normalized spacial score (nSPS) is 16.7. The van der Waals surface area contributed by atoms with E-state index in [-0.39, 0.29) is 23.9 Å². The summed E-state index contributed by atoms with van der Waals surface area (Å²) in [5.41, 5.74) is 4.48. The van der Waals surface area contributed by atoms with Crippen LogP contribution in [0.2, 0.25) is 0 Å². The molecule has 0 atom stereocenters. The smallest absolute Gasteiger partial charge is 0.253 e. The number of nitrogens with one attached hydrogen (secondary N) is 5. The van der Waals surface area contributed by atoms with Crippen LogP contribution in [0.5, 0.6) is 0 Å². The highest BCUT2D eigenvalue weighted by Crippen LogP contribution is 2.28. The molecular weight excluding hydrogens is 444 g/mol. The second-order valence-corrected chi connectivity index (χ2v) is 9.56. The molecule has 0 bridgehead atoms. The molecule has 2 aliphatic rings. The van der Waals surface area contributed by atoms with Crippen molar-refractivity contribution in [3.63, 3.8) is 0 Å². The Morgan fingerprint density at radius 1 is 1.20 bits per heavy atom. The van der Waals surface area contributed by atoms with Gasteiger partial charge in [-0.1, -0.05) is 12.8 Å². The second kappa shape index (κ2) is 10.9. The second-order valence-electron chi connectivity index (χ2n) is 9.56. The highest BCUT2D eigenvalue weighted by atomic mass is 16.2. The molecule has 0 radical (unpaired) electrons. The summed E-state index contributed by atoms with van der Waals surface area (Å²) >= 11 is 0. The van der Waals surface area contributed by atoms with Gasteiger partial charge in [-0.15, -0.1) is 0 Å². The molecule has 1 saturated heterocycles. The summed E-state index contributed by atoms with van der Waals surface area (Å²) in [4.78, 5) is 42.4. The molecule has 5 N–H and O–H groups in total. The van der Waals surface area contributed by atoms with Gasteiger partial charge in [0.25, 0.3) is 11.5 Å². The molecule has 4 rings (SSSR count). The van der Waals surface area contributed by atoms with Crippen LogP contribution in [0, 0.1) is 19.3 Å². The van der Waals surface area contributed by atoms with Crippen LogP contribution in [0.25, 0.3) is 0 Å². The number of aryl methyl sites for hydroxylation is 2. The monoisotopic (exact) mass is 478 g/mol. The first-order chi connectivity index (χ1) is 16.8. The van der Waals surface area contributed by atoms with Gasteiger partial charge in [-0.3, -0.25) is 19.3 Å². The lowest BCUT2D eigenvalue weighted by Gasteiger charge is -2.27. The SMILES string of the molecule is Cc1cc(C)c(CNC(=O)c2cc(CN3CCNC(=O)C3)cc(NC3CCCC3)c2C=N)c(=O)[nH]1. The van der Waals surface area contributed by atoms with Gasteiger partial charge in [0.1, 0.15) is 0 Å². The fraction of sp³-hybridized carbons (Fsp3) is 0.462. The van der Waals surface area contributed by atoms with Crippen molar-refractivity contribution in [2.24, 2.45) is 0 Å². The first-order valence-electron chi connectivity index (χ1n) is 12.2. The van der Waals surface area contributed by atoms with E-state index in [1.807, 2.05) is 26.0 Å². The Morgan fingerprint density at radius 2 is 1.97 bits per heavy atom. The number of H-pyrrole nitrogens is 1. The standard InChI is InChI=1S/C26H34N6O3/c1-16-9-17(2)30-26(35)22(16)13-29-25(34)20-10-18(14-32-8-7-28-24(33)15-32)11-23(21(20)12-27)31-19-5-3-4-6-19/h9-12,19,27,31H,3-8,13-15H2,1-2H3,(H,28,33)(H,29,34)(H,30,35). The van der Waals surface area contributed by atoms with Gasteiger partial charge in [0, 0.05) is 60.9 Å². The van der Waals surface area contributed by atoms with Gasteiger partial charge in [-0.2, -0.15) is 0 Å². The molecule has 186 valence electrons. The molecule has 0 spiro atoms. The average molecular weight is 479 g/mol. The van der Waals surface area contributed by atoms with E-state index in [1.54, 1.807) is 6.07 Å². The van der Waals surface area contributed by atoms with Crippen molar-refractivity contribution in [3.05, 3.63) is 62.1 Å². The zero-order valence-electron chi connectivity index (χ0n) is 20.4. The van der Waals surface area contributed by atoms with Gasteiger partial charge in [0.15, 0.2) is 0 Å². The number of hydrogen-bond donors (Lipinski definition) is 5. The molecule has 9 nitrogen and oxygen atoms in total. The Hall–Kier alpha value is -3.46. The van der Waals surface area contributed by atoms with E-state index in [1.165, 1.54) is 6.21 Å². The third-order valence-corrected chi connectivity index (χ3v) is 6.79. The lowest BCUT2D eigenvalue weighted by atomic mass is 9.99. The van der Waals surface area contributed by atoms with Crippen LogP contribution < -0.4 is 21.5 Å². The minimum Gasteiger partial charge on any atom is -0.382 e. The van der Waals surface area contributed by atoms with E-state index in [2.05, 4.69) is 25.8 Å². The average Bonchev–Trinajstić information content (AvgIpc) is 3.31. The Kier molecular flexibility index (Phi) is 7.65. The summed E-state index contributed by atoms with van der Waals surface area (Å²) in [7, 11) is 0. The van der Waals surface area contributed by atoms with E-state index in [9.17, 15) is 14.4 Å². The number of pyridine rings is 1. The molecule has 1 aromatic carbocycles. The molecule has 2 amide bonds. The fourth-order valence-electron chi connectivity index (χ4n) is 5.01. The molecule has 1 aliphatic heterocycles. The fourth-order valence-corrected chi connectivity index (χ4v) is 5.01. The summed E-state index contributed by atoms with van der Waals surface area (Å²) in [5.74, 6) is -0.344. The van der Waals surface area contributed by atoms with E-state index in [0.717, 1.165) is 54.7 Å². The van der Waals surface area contributed by atoms with Gasteiger partial charge in [-0.25, -0.2) is 0 Å². The van der Waals surface area contributed by atoms with Gasteiger partial charge >= 0.3 is 0 Å². The van der Waals surface area contributed by atoms with Crippen molar-refractivity contribution < 1.29 is 9.59 Å². The van der Waals surface area contributed by atoms with Gasteiger partial charge < -0.3 is 26.3 Å². The van der Waals surface area contributed by atoms with E-state index < -0.39 is 0 Å². The van der Waals surface area contributed by atoms with Crippen LogP contribution in [-0.4, -0.2) is 53.6 Å². The number of rotatable bonds is 8. The summed E-state index contributed by atoms with van der Waals surface area (Å²) in [6.45, 7) is 5.95. The third-order valence-electron chi connectivity index (χ3n) is 6.79. The summed E-state index contributed by atoms with van der Waals surface area (Å²) < 4.78 is 0. The molecule has 2 fully saturated rings. The molecule has 9 heteroatoms. The molecule has 1 saturated carbocycles. The molecule has 2 aromatic rings. The minimum atomic E-state index is -0.337. The lowest BCUT2D eigenvalue weighted by Crippen LogP contribution is -2.47. The number of nitrogens with zero attached hydrogens (tertiary/aromatic N) is 1. The number of carbonyl (C=O) groups is 2. The quantitative estimate of drug-likeness (QED) is 0.372. The Labute approximate surface area is 205 Å². The zero-order chi connectivity index (χ0) is 24.9. The number of benzene rings is 1. The molecule has 1 aromatic heterocycles. The maximum absolute atomic E-state index is 13.3. The third kappa shape index (κ3) is 5.97. The molecule has 35 heavy (non-hydrogen) atoms. The minimum absolute atomic E-state index is 0.00618. The maximum Gasteiger partial charge on any atom is 0.253 e. The summed E-state index contributed by atoms with van der Waals surface area (Å²) in [6, 6.07) is 5.99. The molecule has 2 heterocycles. The van der Waals surface area contributed by atoms with Crippen molar-refractivity contribution in [1.29, 1.82) is 5.41 Å². The zero-order valence-corrected chi connectivity index (χ0v) is 20.4. The van der Waals surface area contributed by atoms with Crippen LogP contribution in [-0.2, 0) is 17.9 Å². The van der Waals surface area contributed by atoms with Crippen LogP contribution in [0.3, 0.4) is 0 Å². The highest BCUT2D eigenvalue weighted by Gasteiger charge is 2.22. The number of anilines is 1.